The number of hydrogen-bond donors (Lipinski definition) is 0. The van der Waals surface area contributed by atoms with Crippen molar-refractivity contribution in [1.29, 1.82) is 0 Å². The van der Waals surface area contributed by atoms with Crippen LogP contribution >= 0.6 is 0 Å². The molecule has 1 saturated carbocycles. The highest BCUT2D eigenvalue weighted by molar-refractivity contribution is 5.74. The number of methoxy groups -OCH3 is 1. The Bertz CT molecular complexity index is 339. The maximum absolute atomic E-state index is 11.8. The molecule has 0 aromatic carbocycles. The van der Waals surface area contributed by atoms with Gasteiger partial charge in [-0.2, -0.15) is 0 Å². The van der Waals surface area contributed by atoms with Crippen molar-refractivity contribution >= 4 is 5.97 Å². The van der Waals surface area contributed by atoms with E-state index in [1.807, 2.05) is 29.1 Å². The zero-order valence-electron chi connectivity index (χ0n) is 10.5. The summed E-state index contributed by atoms with van der Waals surface area (Å²) in [5.74, 6) is 0.557. The van der Waals surface area contributed by atoms with Crippen molar-refractivity contribution in [2.24, 2.45) is 5.92 Å². The lowest BCUT2D eigenvalue weighted by Crippen LogP contribution is -2.23. The molecular formula is C14H21NO2. The Hall–Kier alpha value is -1.25. The molecule has 0 bridgehead atoms. The molecule has 17 heavy (non-hydrogen) atoms. The summed E-state index contributed by atoms with van der Waals surface area (Å²) in [6.45, 7) is 0. The van der Waals surface area contributed by atoms with Crippen LogP contribution < -0.4 is 0 Å². The number of carbonyl (C=O) groups excluding carboxylic acids is 1. The molecule has 3 heteroatoms. The van der Waals surface area contributed by atoms with Crippen LogP contribution in [-0.2, 0) is 9.53 Å². The van der Waals surface area contributed by atoms with Crippen molar-refractivity contribution in [2.45, 2.75) is 44.6 Å². The zero-order valence-corrected chi connectivity index (χ0v) is 10.5. The van der Waals surface area contributed by atoms with Crippen molar-refractivity contribution in [3.05, 3.63) is 24.5 Å². The number of ether oxygens (including phenoxy) is 1. The summed E-state index contributed by atoms with van der Waals surface area (Å²) < 4.78 is 6.89. The van der Waals surface area contributed by atoms with E-state index in [1.54, 1.807) is 0 Å². The fourth-order valence-corrected chi connectivity index (χ4v) is 2.77. The second-order valence-electron chi connectivity index (χ2n) is 4.91. The summed E-state index contributed by atoms with van der Waals surface area (Å²) >= 11 is 0. The van der Waals surface area contributed by atoms with Crippen LogP contribution in [0.2, 0.25) is 0 Å². The lowest BCUT2D eigenvalue weighted by Gasteiger charge is -2.26. The second kappa shape index (κ2) is 5.89. The molecule has 0 saturated heterocycles. The summed E-state index contributed by atoms with van der Waals surface area (Å²) in [5.41, 5.74) is 0. The molecule has 0 unspecified atom stereocenters. The standard InChI is InChI=1S/C14H21NO2/c1-17-14(16)13(15-9-5-6-10-15)11-12-7-3-2-4-8-12/h5-6,9-10,12-13H,2-4,7-8,11H2,1H3/t13-/m1/s1. The van der Waals surface area contributed by atoms with Crippen molar-refractivity contribution in [3.63, 3.8) is 0 Å². The van der Waals surface area contributed by atoms with Crippen LogP contribution in [0.15, 0.2) is 24.5 Å². The predicted molar refractivity (Wildman–Crippen MR) is 66.7 cm³/mol. The van der Waals surface area contributed by atoms with E-state index < -0.39 is 0 Å². The van der Waals surface area contributed by atoms with Gasteiger partial charge in [0.1, 0.15) is 6.04 Å². The third-order valence-electron chi connectivity index (χ3n) is 3.74. The topological polar surface area (TPSA) is 31.2 Å². The fourth-order valence-electron chi connectivity index (χ4n) is 2.77. The molecule has 2 rings (SSSR count). The van der Waals surface area contributed by atoms with Gasteiger partial charge in [-0.05, 0) is 24.5 Å². The van der Waals surface area contributed by atoms with E-state index in [4.69, 9.17) is 4.74 Å². The van der Waals surface area contributed by atoms with Gasteiger partial charge in [0.25, 0.3) is 0 Å². The molecule has 1 aromatic heterocycles. The second-order valence-corrected chi connectivity index (χ2v) is 4.91. The molecule has 0 aliphatic heterocycles. The molecule has 1 atom stereocenters. The van der Waals surface area contributed by atoms with E-state index in [9.17, 15) is 4.79 Å². The molecule has 1 fully saturated rings. The Labute approximate surface area is 103 Å². The quantitative estimate of drug-likeness (QED) is 0.751. The largest absolute Gasteiger partial charge is 0.467 e. The van der Waals surface area contributed by atoms with Crippen LogP contribution in [0.1, 0.15) is 44.6 Å². The minimum atomic E-state index is -0.141. The first-order valence-corrected chi connectivity index (χ1v) is 6.51. The van der Waals surface area contributed by atoms with E-state index in [1.165, 1.54) is 39.2 Å². The number of nitrogens with zero attached hydrogens (tertiary/aromatic N) is 1. The molecule has 1 aromatic rings. The number of aromatic nitrogens is 1. The highest BCUT2D eigenvalue weighted by atomic mass is 16.5. The first-order valence-electron chi connectivity index (χ1n) is 6.51. The van der Waals surface area contributed by atoms with Crippen LogP contribution in [-0.4, -0.2) is 17.6 Å². The average molecular weight is 235 g/mol. The van der Waals surface area contributed by atoms with Crippen molar-refractivity contribution in [1.82, 2.24) is 4.57 Å². The molecular weight excluding hydrogens is 214 g/mol. The van der Waals surface area contributed by atoms with Gasteiger partial charge in [-0.15, -0.1) is 0 Å². The van der Waals surface area contributed by atoms with Gasteiger partial charge in [0, 0.05) is 12.4 Å². The molecule has 1 aliphatic rings. The van der Waals surface area contributed by atoms with Gasteiger partial charge in [0.2, 0.25) is 0 Å². The molecule has 0 radical (unpaired) electrons. The minimum Gasteiger partial charge on any atom is -0.467 e. The monoisotopic (exact) mass is 235 g/mol. The van der Waals surface area contributed by atoms with Gasteiger partial charge in [-0.1, -0.05) is 32.1 Å². The van der Waals surface area contributed by atoms with Gasteiger partial charge < -0.3 is 9.30 Å². The van der Waals surface area contributed by atoms with E-state index in [2.05, 4.69) is 0 Å². The van der Waals surface area contributed by atoms with Gasteiger partial charge in [0.15, 0.2) is 0 Å². The number of hydrogen-bond acceptors (Lipinski definition) is 2. The average Bonchev–Trinajstić information content (AvgIpc) is 2.90. The Kier molecular flexibility index (Phi) is 4.24. The summed E-state index contributed by atoms with van der Waals surface area (Å²) in [7, 11) is 1.47. The molecule has 3 nitrogen and oxygen atoms in total. The molecule has 1 heterocycles. The SMILES string of the molecule is COC(=O)[C@@H](CC1CCCCC1)n1cccc1. The van der Waals surface area contributed by atoms with Crippen LogP contribution in [0.4, 0.5) is 0 Å². The van der Waals surface area contributed by atoms with Gasteiger partial charge in [0.05, 0.1) is 7.11 Å². The van der Waals surface area contributed by atoms with Crippen molar-refractivity contribution in [2.75, 3.05) is 7.11 Å². The highest BCUT2D eigenvalue weighted by Crippen LogP contribution is 2.31. The predicted octanol–water partition coefficient (Wildman–Crippen LogP) is 3.17. The first kappa shape index (κ1) is 12.2. The van der Waals surface area contributed by atoms with Crippen LogP contribution in [0, 0.1) is 5.92 Å². The van der Waals surface area contributed by atoms with E-state index in [0.29, 0.717) is 5.92 Å². The lowest BCUT2D eigenvalue weighted by atomic mass is 9.85. The van der Waals surface area contributed by atoms with Gasteiger partial charge in [-0.25, -0.2) is 4.79 Å². The Morgan fingerprint density at radius 3 is 2.53 bits per heavy atom. The Balaban J connectivity index is 2.02. The summed E-state index contributed by atoms with van der Waals surface area (Å²) in [4.78, 5) is 11.8. The van der Waals surface area contributed by atoms with Gasteiger partial charge >= 0.3 is 5.97 Å². The van der Waals surface area contributed by atoms with E-state index in [0.717, 1.165) is 6.42 Å². The third-order valence-corrected chi connectivity index (χ3v) is 3.74. The lowest BCUT2D eigenvalue weighted by molar-refractivity contribution is -0.145. The fraction of sp³-hybridized carbons (Fsp3) is 0.643. The maximum atomic E-state index is 11.8. The van der Waals surface area contributed by atoms with Crippen LogP contribution in [0.5, 0.6) is 0 Å². The molecule has 0 N–H and O–H groups in total. The van der Waals surface area contributed by atoms with E-state index in [-0.39, 0.29) is 12.0 Å². The number of carbonyl (C=O) groups is 1. The molecule has 0 spiro atoms. The Morgan fingerprint density at radius 2 is 1.94 bits per heavy atom. The Morgan fingerprint density at radius 1 is 1.29 bits per heavy atom. The molecule has 1 aliphatic carbocycles. The zero-order chi connectivity index (χ0) is 12.1. The number of rotatable bonds is 4. The van der Waals surface area contributed by atoms with Crippen LogP contribution in [0.3, 0.4) is 0 Å². The van der Waals surface area contributed by atoms with Crippen molar-refractivity contribution in [3.8, 4) is 0 Å². The van der Waals surface area contributed by atoms with E-state index >= 15 is 0 Å². The minimum absolute atomic E-state index is 0.119. The number of esters is 1. The normalized spacial score (nSPS) is 18.9. The summed E-state index contributed by atoms with van der Waals surface area (Å²) in [6.07, 6.45) is 11.3. The smallest absolute Gasteiger partial charge is 0.328 e. The van der Waals surface area contributed by atoms with Gasteiger partial charge in [-0.3, -0.25) is 0 Å². The molecule has 0 amide bonds. The highest BCUT2D eigenvalue weighted by Gasteiger charge is 2.25. The summed E-state index contributed by atoms with van der Waals surface area (Å²) in [6, 6.07) is 3.77. The molecule has 94 valence electrons. The maximum Gasteiger partial charge on any atom is 0.328 e. The van der Waals surface area contributed by atoms with Crippen LogP contribution in [0.25, 0.3) is 0 Å². The summed E-state index contributed by atoms with van der Waals surface area (Å²) in [5, 5.41) is 0. The first-order chi connectivity index (χ1) is 8.31. The third kappa shape index (κ3) is 3.11. The van der Waals surface area contributed by atoms with Crippen molar-refractivity contribution < 1.29 is 9.53 Å².